The average Bonchev–Trinajstić information content (AvgIpc) is 2.30. The van der Waals surface area contributed by atoms with E-state index in [1.54, 1.807) is 11.8 Å². The normalized spacial score (nSPS) is 18.1. The molecule has 0 unspecified atom stereocenters. The first-order valence-electron chi connectivity index (χ1n) is 5.46. The first kappa shape index (κ1) is 14.5. The Morgan fingerprint density at radius 1 is 1.47 bits per heavy atom. The van der Waals surface area contributed by atoms with E-state index in [0.29, 0.717) is 32.5 Å². The maximum Gasteiger partial charge on any atom is 0.409 e. The maximum atomic E-state index is 11.4. The highest BCUT2D eigenvalue weighted by molar-refractivity contribution is 7.90. The van der Waals surface area contributed by atoms with Crippen LogP contribution in [0.1, 0.15) is 19.8 Å². The van der Waals surface area contributed by atoms with E-state index in [2.05, 4.69) is 4.72 Å². The summed E-state index contributed by atoms with van der Waals surface area (Å²) in [5, 5.41) is -0.439. The summed E-state index contributed by atoms with van der Waals surface area (Å²) >= 11 is 5.30. The van der Waals surface area contributed by atoms with Crippen LogP contribution < -0.4 is 4.72 Å². The minimum atomic E-state index is -3.39. The Balaban J connectivity index is 2.38. The molecule has 1 saturated heterocycles. The molecule has 1 N–H and O–H groups in total. The molecule has 0 aromatic carbocycles. The standard InChI is InChI=1S/C9H17ClN2O4S/c1-2-16-9(13)12-5-3-8(4-6-12)11-17(14,15)7-10/h8,11H,2-7H2,1H3. The lowest BCUT2D eigenvalue weighted by Crippen LogP contribution is -2.46. The summed E-state index contributed by atoms with van der Waals surface area (Å²) in [7, 11) is -3.39. The summed E-state index contributed by atoms with van der Waals surface area (Å²) in [6.07, 6.45) is 0.815. The Hall–Kier alpha value is -0.530. The number of nitrogens with one attached hydrogen (secondary N) is 1. The van der Waals surface area contributed by atoms with Gasteiger partial charge in [0.25, 0.3) is 0 Å². The molecule has 0 bridgehead atoms. The van der Waals surface area contributed by atoms with Crippen LogP contribution in [0.3, 0.4) is 0 Å². The van der Waals surface area contributed by atoms with E-state index in [0.717, 1.165) is 0 Å². The fraction of sp³-hybridized carbons (Fsp3) is 0.889. The van der Waals surface area contributed by atoms with Crippen LogP contribution in [0.15, 0.2) is 0 Å². The first-order valence-corrected chi connectivity index (χ1v) is 7.65. The second kappa shape index (κ2) is 6.42. The third-order valence-electron chi connectivity index (χ3n) is 2.51. The van der Waals surface area contributed by atoms with Crippen LogP contribution in [0.25, 0.3) is 0 Å². The summed E-state index contributed by atoms with van der Waals surface area (Å²) < 4.78 is 29.8. The van der Waals surface area contributed by atoms with E-state index in [-0.39, 0.29) is 12.1 Å². The van der Waals surface area contributed by atoms with Gasteiger partial charge in [0.15, 0.2) is 0 Å². The number of ether oxygens (including phenoxy) is 1. The van der Waals surface area contributed by atoms with Gasteiger partial charge in [-0.2, -0.15) is 0 Å². The monoisotopic (exact) mass is 284 g/mol. The largest absolute Gasteiger partial charge is 0.450 e. The number of halogens is 1. The van der Waals surface area contributed by atoms with E-state index >= 15 is 0 Å². The van der Waals surface area contributed by atoms with Gasteiger partial charge in [-0.05, 0) is 19.8 Å². The number of amides is 1. The Kier molecular flexibility index (Phi) is 5.48. The lowest BCUT2D eigenvalue weighted by atomic mass is 10.1. The van der Waals surface area contributed by atoms with E-state index in [9.17, 15) is 13.2 Å². The van der Waals surface area contributed by atoms with Crippen molar-refractivity contribution in [3.8, 4) is 0 Å². The van der Waals surface area contributed by atoms with Gasteiger partial charge in [0.05, 0.1) is 6.61 Å². The zero-order valence-electron chi connectivity index (χ0n) is 9.69. The van der Waals surface area contributed by atoms with E-state index < -0.39 is 15.2 Å². The molecule has 17 heavy (non-hydrogen) atoms. The van der Waals surface area contributed by atoms with Crippen molar-refractivity contribution < 1.29 is 17.9 Å². The van der Waals surface area contributed by atoms with Gasteiger partial charge >= 0.3 is 6.09 Å². The summed E-state index contributed by atoms with van der Waals surface area (Å²) in [5.41, 5.74) is 0. The predicted octanol–water partition coefficient (Wildman–Crippen LogP) is 0.723. The van der Waals surface area contributed by atoms with Crippen LogP contribution in [0, 0.1) is 0 Å². The number of alkyl halides is 1. The Morgan fingerprint density at radius 2 is 2.06 bits per heavy atom. The number of rotatable bonds is 4. The summed E-state index contributed by atoms with van der Waals surface area (Å²) in [6, 6.07) is -0.149. The third-order valence-corrected chi connectivity index (χ3v) is 4.35. The van der Waals surface area contributed by atoms with Crippen molar-refractivity contribution in [1.29, 1.82) is 0 Å². The zero-order valence-corrected chi connectivity index (χ0v) is 11.3. The molecule has 1 fully saturated rings. The van der Waals surface area contributed by atoms with Gasteiger partial charge in [-0.1, -0.05) is 0 Å². The summed E-state index contributed by atoms with van der Waals surface area (Å²) in [6.45, 7) is 3.08. The Labute approximate surface area is 106 Å². The first-order chi connectivity index (χ1) is 7.98. The van der Waals surface area contributed by atoms with Gasteiger partial charge in [0, 0.05) is 19.1 Å². The van der Waals surface area contributed by atoms with Crippen molar-refractivity contribution >= 4 is 27.7 Å². The fourth-order valence-corrected chi connectivity index (χ4v) is 2.68. The van der Waals surface area contributed by atoms with Gasteiger partial charge in [0.1, 0.15) is 5.21 Å². The van der Waals surface area contributed by atoms with Gasteiger partial charge in [-0.3, -0.25) is 0 Å². The average molecular weight is 285 g/mol. The Morgan fingerprint density at radius 3 is 2.53 bits per heavy atom. The molecule has 100 valence electrons. The van der Waals surface area contributed by atoms with Crippen molar-refractivity contribution in [1.82, 2.24) is 9.62 Å². The second-order valence-electron chi connectivity index (χ2n) is 3.80. The molecule has 1 amide bonds. The molecule has 1 aliphatic heterocycles. The van der Waals surface area contributed by atoms with Crippen molar-refractivity contribution in [3.63, 3.8) is 0 Å². The number of hydrogen-bond donors (Lipinski definition) is 1. The maximum absolute atomic E-state index is 11.4. The lowest BCUT2D eigenvalue weighted by molar-refractivity contribution is 0.0966. The van der Waals surface area contributed by atoms with Crippen LogP contribution in [0.2, 0.25) is 0 Å². The summed E-state index contributed by atoms with van der Waals surface area (Å²) in [4.78, 5) is 13.0. The predicted molar refractivity (Wildman–Crippen MR) is 64.4 cm³/mol. The quantitative estimate of drug-likeness (QED) is 0.772. The molecule has 0 radical (unpaired) electrons. The van der Waals surface area contributed by atoms with Gasteiger partial charge in [0.2, 0.25) is 10.0 Å². The molecular formula is C9H17ClN2O4S. The Bertz CT molecular complexity index is 352. The minimum absolute atomic E-state index is 0.149. The third kappa shape index (κ3) is 4.69. The van der Waals surface area contributed by atoms with Crippen molar-refractivity contribution in [2.75, 3.05) is 24.9 Å². The highest BCUT2D eigenvalue weighted by Gasteiger charge is 2.25. The number of sulfonamides is 1. The molecule has 0 aromatic rings. The van der Waals surface area contributed by atoms with Crippen molar-refractivity contribution in [2.24, 2.45) is 0 Å². The lowest BCUT2D eigenvalue weighted by Gasteiger charge is -2.31. The fourth-order valence-electron chi connectivity index (χ4n) is 1.68. The smallest absolute Gasteiger partial charge is 0.409 e. The molecule has 0 atom stereocenters. The number of carbonyl (C=O) groups is 1. The van der Waals surface area contributed by atoms with E-state index in [1.807, 2.05) is 0 Å². The molecule has 1 heterocycles. The molecule has 1 rings (SSSR count). The van der Waals surface area contributed by atoms with Crippen LogP contribution in [-0.2, 0) is 14.8 Å². The van der Waals surface area contributed by atoms with Gasteiger partial charge < -0.3 is 9.64 Å². The number of nitrogens with zero attached hydrogens (tertiary/aromatic N) is 1. The van der Waals surface area contributed by atoms with Crippen molar-refractivity contribution in [2.45, 2.75) is 25.8 Å². The second-order valence-corrected chi connectivity index (χ2v) is 6.14. The molecular weight excluding hydrogens is 268 g/mol. The minimum Gasteiger partial charge on any atom is -0.450 e. The molecule has 0 spiro atoms. The number of carbonyl (C=O) groups excluding carboxylic acids is 1. The topological polar surface area (TPSA) is 75.7 Å². The van der Waals surface area contributed by atoms with Crippen LogP contribution in [0.5, 0.6) is 0 Å². The molecule has 8 heteroatoms. The zero-order chi connectivity index (χ0) is 12.9. The van der Waals surface area contributed by atoms with Crippen LogP contribution >= 0.6 is 11.6 Å². The van der Waals surface area contributed by atoms with E-state index in [1.165, 1.54) is 0 Å². The molecule has 0 aromatic heterocycles. The highest BCUT2D eigenvalue weighted by atomic mass is 35.5. The summed E-state index contributed by atoms with van der Waals surface area (Å²) in [5.74, 6) is 0. The SMILES string of the molecule is CCOC(=O)N1CCC(NS(=O)(=O)CCl)CC1. The van der Waals surface area contributed by atoms with Crippen LogP contribution in [-0.4, -0.2) is 50.4 Å². The van der Waals surface area contributed by atoms with E-state index in [4.69, 9.17) is 16.3 Å². The van der Waals surface area contributed by atoms with Crippen LogP contribution in [0.4, 0.5) is 4.79 Å². The molecule has 6 nitrogen and oxygen atoms in total. The van der Waals surface area contributed by atoms with Gasteiger partial charge in [-0.25, -0.2) is 17.9 Å². The molecule has 1 aliphatic rings. The number of hydrogen-bond acceptors (Lipinski definition) is 4. The molecule has 0 saturated carbocycles. The number of likely N-dealkylation sites (tertiary alicyclic amines) is 1. The molecule has 0 aliphatic carbocycles. The van der Waals surface area contributed by atoms with Crippen molar-refractivity contribution in [3.05, 3.63) is 0 Å². The highest BCUT2D eigenvalue weighted by Crippen LogP contribution is 2.12. The van der Waals surface area contributed by atoms with Gasteiger partial charge in [-0.15, -0.1) is 11.6 Å². The number of piperidine rings is 1.